The third kappa shape index (κ3) is 4.81. The number of halogens is 1. The minimum Gasteiger partial charge on any atom is -0.381 e. The van der Waals surface area contributed by atoms with Gasteiger partial charge in [-0.15, -0.1) is 0 Å². The van der Waals surface area contributed by atoms with Crippen molar-refractivity contribution in [3.63, 3.8) is 0 Å². The summed E-state index contributed by atoms with van der Waals surface area (Å²) in [6.07, 6.45) is 5.72. The molecular weight excluding hydrogens is 386 g/mol. The Morgan fingerprint density at radius 3 is 2.55 bits per heavy atom. The summed E-state index contributed by atoms with van der Waals surface area (Å²) < 4.78 is 7.20. The molecule has 0 atom stereocenters. The molecule has 3 heterocycles. The van der Waals surface area contributed by atoms with E-state index in [1.165, 1.54) is 0 Å². The van der Waals surface area contributed by atoms with Gasteiger partial charge >= 0.3 is 0 Å². The third-order valence-electron chi connectivity index (χ3n) is 5.07. The molecule has 0 bridgehead atoms. The van der Waals surface area contributed by atoms with Crippen LogP contribution >= 0.6 is 11.6 Å². The molecule has 3 aromatic rings. The largest absolute Gasteiger partial charge is 0.381 e. The molecule has 6 heteroatoms. The van der Waals surface area contributed by atoms with Crippen LogP contribution in [-0.4, -0.2) is 27.7 Å². The first-order valence-corrected chi connectivity index (χ1v) is 10.1. The van der Waals surface area contributed by atoms with Gasteiger partial charge < -0.3 is 4.74 Å². The fraction of sp³-hybridized carbons (Fsp3) is 0.261. The van der Waals surface area contributed by atoms with Crippen molar-refractivity contribution >= 4 is 22.5 Å². The van der Waals surface area contributed by atoms with E-state index in [1.54, 1.807) is 23.2 Å². The van der Waals surface area contributed by atoms with E-state index in [4.69, 9.17) is 16.3 Å². The van der Waals surface area contributed by atoms with Crippen LogP contribution in [0.1, 0.15) is 30.0 Å². The summed E-state index contributed by atoms with van der Waals surface area (Å²) in [5, 5.41) is 1.07. The Kier molecular flexibility index (Phi) is 6.17. The number of hydrogen-bond acceptors (Lipinski definition) is 4. The van der Waals surface area contributed by atoms with Gasteiger partial charge in [-0.05, 0) is 48.6 Å². The number of aromatic nitrogens is 3. The SMILES string of the molecule is O=c1c2cc(Cc3ccc(Cl)nc3)ccccccc2ncn1C1CCOCC1. The molecule has 148 valence electrons. The second kappa shape index (κ2) is 9.16. The number of rotatable bonds is 3. The van der Waals surface area contributed by atoms with Gasteiger partial charge in [0.25, 0.3) is 5.56 Å². The molecule has 0 aliphatic carbocycles. The predicted octanol–water partition coefficient (Wildman–Crippen LogP) is 4.51. The monoisotopic (exact) mass is 407 g/mol. The van der Waals surface area contributed by atoms with Gasteiger partial charge in [-0.25, -0.2) is 9.97 Å². The quantitative estimate of drug-likeness (QED) is 0.599. The Hall–Kier alpha value is -2.76. The van der Waals surface area contributed by atoms with Gasteiger partial charge in [0, 0.05) is 25.5 Å². The third-order valence-corrected chi connectivity index (χ3v) is 5.29. The first-order chi connectivity index (χ1) is 14.2. The van der Waals surface area contributed by atoms with E-state index in [0.29, 0.717) is 35.7 Å². The molecular formula is C23H22ClN3O2. The van der Waals surface area contributed by atoms with E-state index in [1.807, 2.05) is 48.5 Å². The van der Waals surface area contributed by atoms with Gasteiger partial charge in [0.2, 0.25) is 0 Å². The zero-order valence-corrected chi connectivity index (χ0v) is 16.8. The first kappa shape index (κ1) is 19.6. The standard InChI is InChI=1S/C23H22ClN3O2/c24-22-8-7-18(15-25-22)13-17-5-3-1-2-4-6-21-20(14-17)23(28)27(16-26-21)19-9-11-29-12-10-19/h1-8,14-16,19H,9-13H2. The maximum Gasteiger partial charge on any atom is 0.261 e. The van der Waals surface area contributed by atoms with Gasteiger partial charge in [0.15, 0.2) is 0 Å². The van der Waals surface area contributed by atoms with Crippen LogP contribution in [0.25, 0.3) is 10.9 Å². The van der Waals surface area contributed by atoms with Gasteiger partial charge in [-0.1, -0.05) is 48.0 Å². The van der Waals surface area contributed by atoms with Crippen LogP contribution in [0.2, 0.25) is 5.15 Å². The topological polar surface area (TPSA) is 57.0 Å². The number of fused-ring (bicyclic) bond motifs is 1. The fourth-order valence-corrected chi connectivity index (χ4v) is 3.64. The van der Waals surface area contributed by atoms with Crippen LogP contribution in [0.3, 0.4) is 0 Å². The highest BCUT2D eigenvalue weighted by atomic mass is 35.5. The summed E-state index contributed by atoms with van der Waals surface area (Å²) in [6.45, 7) is 1.35. The molecule has 2 aromatic heterocycles. The summed E-state index contributed by atoms with van der Waals surface area (Å²) in [7, 11) is 0. The normalized spacial score (nSPS) is 14.5. The van der Waals surface area contributed by atoms with Gasteiger partial charge in [0.1, 0.15) is 5.15 Å². The Bertz CT molecular complexity index is 1100. The fourth-order valence-electron chi connectivity index (χ4n) is 3.53. The van der Waals surface area contributed by atoms with Crippen molar-refractivity contribution in [3.05, 3.63) is 93.8 Å². The van der Waals surface area contributed by atoms with Crippen molar-refractivity contribution in [3.8, 4) is 0 Å². The van der Waals surface area contributed by atoms with E-state index >= 15 is 0 Å². The van der Waals surface area contributed by atoms with Crippen molar-refractivity contribution < 1.29 is 4.74 Å². The first-order valence-electron chi connectivity index (χ1n) is 9.72. The summed E-state index contributed by atoms with van der Waals surface area (Å²) in [4.78, 5) is 22.1. The van der Waals surface area contributed by atoms with Crippen LogP contribution in [-0.2, 0) is 11.2 Å². The molecule has 5 nitrogen and oxygen atoms in total. The highest BCUT2D eigenvalue weighted by molar-refractivity contribution is 6.29. The summed E-state index contributed by atoms with van der Waals surface area (Å²) in [6, 6.07) is 17.4. The maximum absolute atomic E-state index is 13.4. The molecule has 1 aliphatic rings. The average molecular weight is 408 g/mol. The van der Waals surface area contributed by atoms with E-state index in [2.05, 4.69) is 9.97 Å². The van der Waals surface area contributed by atoms with Crippen molar-refractivity contribution in [2.24, 2.45) is 0 Å². The molecule has 29 heavy (non-hydrogen) atoms. The second-order valence-corrected chi connectivity index (χ2v) is 7.48. The lowest BCUT2D eigenvalue weighted by molar-refractivity contribution is 0.0685. The molecule has 1 aliphatic heterocycles. The predicted molar refractivity (Wildman–Crippen MR) is 115 cm³/mol. The maximum atomic E-state index is 13.4. The number of ether oxygens (including phenoxy) is 1. The van der Waals surface area contributed by atoms with E-state index in [-0.39, 0.29) is 11.6 Å². The molecule has 0 spiro atoms. The molecule has 1 aromatic carbocycles. The minimum atomic E-state index is -0.0174. The molecule has 4 rings (SSSR count). The molecule has 1 fully saturated rings. The van der Waals surface area contributed by atoms with E-state index in [9.17, 15) is 4.79 Å². The number of nitrogens with zero attached hydrogens (tertiary/aromatic N) is 3. The van der Waals surface area contributed by atoms with Crippen LogP contribution < -0.4 is 5.56 Å². The lowest BCUT2D eigenvalue weighted by Gasteiger charge is -2.23. The van der Waals surface area contributed by atoms with Crippen molar-refractivity contribution in [2.45, 2.75) is 25.3 Å². The highest BCUT2D eigenvalue weighted by Crippen LogP contribution is 2.20. The molecule has 0 N–H and O–H groups in total. The number of hydrogen-bond donors (Lipinski definition) is 0. The van der Waals surface area contributed by atoms with Crippen LogP contribution in [0.4, 0.5) is 0 Å². The molecule has 0 amide bonds. The Labute approximate surface area is 174 Å². The molecule has 0 saturated carbocycles. The van der Waals surface area contributed by atoms with Crippen LogP contribution in [0, 0.1) is 0 Å². The molecule has 0 unspecified atom stereocenters. The van der Waals surface area contributed by atoms with E-state index in [0.717, 1.165) is 24.0 Å². The Balaban J connectivity index is 1.85. The lowest BCUT2D eigenvalue weighted by atomic mass is 10.1. The van der Waals surface area contributed by atoms with Crippen molar-refractivity contribution in [1.82, 2.24) is 14.5 Å². The van der Waals surface area contributed by atoms with Crippen LogP contribution in [0.5, 0.6) is 0 Å². The van der Waals surface area contributed by atoms with Gasteiger partial charge in [-0.2, -0.15) is 0 Å². The van der Waals surface area contributed by atoms with Gasteiger partial charge in [-0.3, -0.25) is 9.36 Å². The van der Waals surface area contributed by atoms with Crippen molar-refractivity contribution in [1.29, 1.82) is 0 Å². The smallest absolute Gasteiger partial charge is 0.261 e. The zero-order chi connectivity index (χ0) is 20.1. The molecule has 0 radical (unpaired) electrons. The average Bonchev–Trinajstić information content (AvgIpc) is 2.75. The second-order valence-electron chi connectivity index (χ2n) is 7.09. The zero-order valence-electron chi connectivity index (χ0n) is 16.0. The summed E-state index contributed by atoms with van der Waals surface area (Å²) in [5.74, 6) is 0. The Morgan fingerprint density at radius 1 is 1.00 bits per heavy atom. The Morgan fingerprint density at radius 2 is 1.79 bits per heavy atom. The number of pyridine rings is 1. The van der Waals surface area contributed by atoms with Gasteiger partial charge in [0.05, 0.1) is 17.2 Å². The summed E-state index contributed by atoms with van der Waals surface area (Å²) in [5.41, 5.74) is 2.68. The molecule has 1 saturated heterocycles. The van der Waals surface area contributed by atoms with Crippen molar-refractivity contribution in [2.75, 3.05) is 13.2 Å². The van der Waals surface area contributed by atoms with Crippen LogP contribution in [0.15, 0.2) is 71.9 Å². The highest BCUT2D eigenvalue weighted by Gasteiger charge is 2.17. The lowest BCUT2D eigenvalue weighted by Crippen LogP contribution is -2.29. The summed E-state index contributed by atoms with van der Waals surface area (Å²) >= 11 is 5.90. The minimum absolute atomic E-state index is 0.0174. The van der Waals surface area contributed by atoms with E-state index < -0.39 is 0 Å².